The molecule has 2 saturated heterocycles. The highest BCUT2D eigenvalue weighted by Gasteiger charge is 2.34. The minimum Gasteiger partial charge on any atom is -0.481 e. The van der Waals surface area contributed by atoms with Crippen molar-refractivity contribution in [3.05, 3.63) is 0 Å². The fourth-order valence-electron chi connectivity index (χ4n) is 2.80. The lowest BCUT2D eigenvalue weighted by molar-refractivity contribution is -0.143. The normalized spacial score (nSPS) is 29.7. The van der Waals surface area contributed by atoms with Crippen molar-refractivity contribution in [3.8, 4) is 0 Å². The first kappa shape index (κ1) is 13.2. The zero-order valence-corrected chi connectivity index (χ0v) is 11.1. The first-order valence-corrected chi connectivity index (χ1v) is 6.75. The molecule has 0 aromatic heterocycles. The minimum absolute atomic E-state index is 0.0926. The number of aliphatic carboxylic acids is 1. The maximum atomic E-state index is 12.3. The lowest BCUT2D eigenvalue weighted by atomic mass is 9.97. The van der Waals surface area contributed by atoms with Gasteiger partial charge < -0.3 is 14.9 Å². The van der Waals surface area contributed by atoms with Gasteiger partial charge in [0.05, 0.1) is 5.92 Å². The van der Waals surface area contributed by atoms with Crippen LogP contribution < -0.4 is 0 Å². The van der Waals surface area contributed by atoms with Crippen molar-refractivity contribution in [3.63, 3.8) is 0 Å². The highest BCUT2D eigenvalue weighted by molar-refractivity contribution is 5.76. The minimum atomic E-state index is -0.731. The van der Waals surface area contributed by atoms with E-state index in [9.17, 15) is 9.59 Å². The van der Waals surface area contributed by atoms with Crippen LogP contribution in [0.1, 0.15) is 26.7 Å². The Balaban J connectivity index is 1.86. The molecule has 5 nitrogen and oxygen atoms in total. The molecule has 0 radical (unpaired) electrons. The Morgan fingerprint density at radius 3 is 1.94 bits per heavy atom. The number of carboxylic acids is 1. The van der Waals surface area contributed by atoms with Gasteiger partial charge in [0.1, 0.15) is 0 Å². The van der Waals surface area contributed by atoms with Crippen molar-refractivity contribution >= 4 is 12.0 Å². The molecule has 1 N–H and O–H groups in total. The van der Waals surface area contributed by atoms with Crippen molar-refractivity contribution in [1.82, 2.24) is 9.80 Å². The maximum absolute atomic E-state index is 12.3. The Kier molecular flexibility index (Phi) is 3.78. The molecular weight excluding hydrogens is 232 g/mol. The molecular formula is C13H22N2O3. The van der Waals surface area contributed by atoms with E-state index in [1.165, 1.54) is 0 Å². The Hall–Kier alpha value is -1.26. The predicted molar refractivity (Wildman–Crippen MR) is 67.2 cm³/mol. The fourth-order valence-corrected chi connectivity index (χ4v) is 2.80. The van der Waals surface area contributed by atoms with Crippen molar-refractivity contribution < 1.29 is 14.7 Å². The number of carbonyl (C=O) groups is 2. The Labute approximate surface area is 108 Å². The second kappa shape index (κ2) is 5.16. The number of likely N-dealkylation sites (tertiary alicyclic amines) is 2. The first-order valence-electron chi connectivity index (χ1n) is 6.75. The second-order valence-electron chi connectivity index (χ2n) is 5.74. The summed E-state index contributed by atoms with van der Waals surface area (Å²) in [7, 11) is 0. The van der Waals surface area contributed by atoms with Gasteiger partial charge in [-0.1, -0.05) is 13.8 Å². The zero-order chi connectivity index (χ0) is 13.3. The third-order valence-electron chi connectivity index (χ3n) is 4.37. The van der Waals surface area contributed by atoms with Crippen LogP contribution in [0.15, 0.2) is 0 Å². The van der Waals surface area contributed by atoms with Gasteiger partial charge in [-0.15, -0.1) is 0 Å². The molecule has 5 heteroatoms. The molecule has 2 amide bonds. The van der Waals surface area contributed by atoms with E-state index in [0.29, 0.717) is 37.8 Å². The fraction of sp³-hybridized carbons (Fsp3) is 0.846. The van der Waals surface area contributed by atoms with Gasteiger partial charge in [-0.25, -0.2) is 4.79 Å². The van der Waals surface area contributed by atoms with Gasteiger partial charge in [-0.3, -0.25) is 4.79 Å². The summed E-state index contributed by atoms with van der Waals surface area (Å²) in [5.74, 6) is 0.118. The summed E-state index contributed by atoms with van der Waals surface area (Å²) in [4.78, 5) is 26.9. The molecule has 0 spiro atoms. The lowest BCUT2D eigenvalue weighted by Gasteiger charge is -2.33. The summed E-state index contributed by atoms with van der Waals surface area (Å²) >= 11 is 0. The summed E-state index contributed by atoms with van der Waals surface area (Å²) in [6, 6.07) is 0.0926. The molecule has 0 bridgehead atoms. The molecule has 0 aromatic carbocycles. The molecule has 2 heterocycles. The number of piperidine rings is 1. The van der Waals surface area contributed by atoms with Crippen molar-refractivity contribution in [2.75, 3.05) is 26.2 Å². The van der Waals surface area contributed by atoms with E-state index < -0.39 is 5.97 Å². The summed E-state index contributed by atoms with van der Waals surface area (Å²) in [5.41, 5.74) is 0. The molecule has 2 atom stereocenters. The van der Waals surface area contributed by atoms with Gasteiger partial charge in [0.25, 0.3) is 0 Å². The third-order valence-corrected chi connectivity index (χ3v) is 4.37. The molecule has 0 saturated carbocycles. The number of urea groups is 1. The Bertz CT molecular complexity index is 327. The lowest BCUT2D eigenvalue weighted by Crippen LogP contribution is -2.46. The van der Waals surface area contributed by atoms with E-state index >= 15 is 0 Å². The molecule has 2 fully saturated rings. The quantitative estimate of drug-likeness (QED) is 0.771. The average Bonchev–Trinajstić information content (AvgIpc) is 2.69. The number of carboxylic acid groups (broad SMARTS) is 1. The first-order chi connectivity index (χ1) is 8.49. The summed E-state index contributed by atoms with van der Waals surface area (Å²) in [6.07, 6.45) is 1.17. The highest BCUT2D eigenvalue weighted by atomic mass is 16.4. The van der Waals surface area contributed by atoms with Crippen LogP contribution in [0.3, 0.4) is 0 Å². The van der Waals surface area contributed by atoms with E-state index in [4.69, 9.17) is 5.11 Å². The largest absolute Gasteiger partial charge is 0.481 e. The highest BCUT2D eigenvalue weighted by Crippen LogP contribution is 2.25. The summed E-state index contributed by atoms with van der Waals surface area (Å²) < 4.78 is 0. The second-order valence-corrected chi connectivity index (χ2v) is 5.74. The summed E-state index contributed by atoms with van der Waals surface area (Å²) in [6.45, 7) is 7.17. The van der Waals surface area contributed by atoms with Crippen LogP contribution in [0.25, 0.3) is 0 Å². The average molecular weight is 254 g/mol. The molecule has 2 rings (SSSR count). The number of carbonyl (C=O) groups excluding carboxylic acids is 1. The van der Waals surface area contributed by atoms with E-state index in [-0.39, 0.29) is 11.9 Å². The predicted octanol–water partition coefficient (Wildman–Crippen LogP) is 1.49. The molecule has 2 aliphatic rings. The number of nitrogens with zero attached hydrogens (tertiary/aromatic N) is 2. The smallest absolute Gasteiger partial charge is 0.320 e. The molecule has 2 aliphatic heterocycles. The third kappa shape index (κ3) is 2.60. The van der Waals surface area contributed by atoms with Crippen molar-refractivity contribution in [1.29, 1.82) is 0 Å². The number of amides is 2. The molecule has 102 valence electrons. The maximum Gasteiger partial charge on any atom is 0.320 e. The number of hydrogen-bond acceptors (Lipinski definition) is 2. The van der Waals surface area contributed by atoms with E-state index in [2.05, 4.69) is 13.8 Å². The SMILES string of the molecule is CC1CN(C(=O)N2CCC(C(=O)O)CC2)CC1C. The van der Waals surface area contributed by atoms with E-state index in [0.717, 1.165) is 13.1 Å². The van der Waals surface area contributed by atoms with Crippen LogP contribution in [-0.2, 0) is 4.79 Å². The van der Waals surface area contributed by atoms with Crippen molar-refractivity contribution in [2.24, 2.45) is 17.8 Å². The summed E-state index contributed by atoms with van der Waals surface area (Å²) in [5, 5.41) is 8.93. The number of hydrogen-bond donors (Lipinski definition) is 1. The molecule has 2 unspecified atom stereocenters. The Morgan fingerprint density at radius 1 is 1.00 bits per heavy atom. The van der Waals surface area contributed by atoms with Gasteiger partial charge in [-0.05, 0) is 24.7 Å². The molecule has 18 heavy (non-hydrogen) atoms. The van der Waals surface area contributed by atoms with Gasteiger partial charge in [-0.2, -0.15) is 0 Å². The molecule has 0 aromatic rings. The molecule has 0 aliphatic carbocycles. The van der Waals surface area contributed by atoms with E-state index in [1.54, 1.807) is 0 Å². The van der Waals surface area contributed by atoms with Crippen LogP contribution in [0.2, 0.25) is 0 Å². The van der Waals surface area contributed by atoms with Gasteiger partial charge >= 0.3 is 12.0 Å². The van der Waals surface area contributed by atoms with Crippen LogP contribution in [0.4, 0.5) is 4.79 Å². The van der Waals surface area contributed by atoms with Crippen LogP contribution in [0.5, 0.6) is 0 Å². The topological polar surface area (TPSA) is 60.9 Å². The van der Waals surface area contributed by atoms with Gasteiger partial charge in [0.15, 0.2) is 0 Å². The van der Waals surface area contributed by atoms with Crippen molar-refractivity contribution in [2.45, 2.75) is 26.7 Å². The van der Waals surface area contributed by atoms with Crippen LogP contribution in [-0.4, -0.2) is 53.1 Å². The van der Waals surface area contributed by atoms with Crippen LogP contribution in [0, 0.1) is 17.8 Å². The monoisotopic (exact) mass is 254 g/mol. The van der Waals surface area contributed by atoms with Gasteiger partial charge in [0, 0.05) is 26.2 Å². The standard InChI is InChI=1S/C13H22N2O3/c1-9-7-15(8-10(9)2)13(18)14-5-3-11(4-6-14)12(16)17/h9-11H,3-8H2,1-2H3,(H,16,17). The number of rotatable bonds is 1. The Morgan fingerprint density at radius 2 is 1.50 bits per heavy atom. The zero-order valence-electron chi connectivity index (χ0n) is 11.1. The van der Waals surface area contributed by atoms with Gasteiger partial charge in [0.2, 0.25) is 0 Å². The van der Waals surface area contributed by atoms with E-state index in [1.807, 2.05) is 9.80 Å². The van der Waals surface area contributed by atoms with Crippen LogP contribution >= 0.6 is 0 Å².